The van der Waals surface area contributed by atoms with Gasteiger partial charge < -0.3 is 14.7 Å². The second-order valence-electron chi connectivity index (χ2n) is 10.3. The van der Waals surface area contributed by atoms with Gasteiger partial charge >= 0.3 is 5.97 Å². The number of halogens is 2. The van der Waals surface area contributed by atoms with Crippen LogP contribution in [-0.4, -0.2) is 49.4 Å². The first-order valence-corrected chi connectivity index (χ1v) is 13.3. The van der Waals surface area contributed by atoms with Gasteiger partial charge in [0.1, 0.15) is 11.6 Å². The SMILES string of the molecule is COc1cc(F)ccc1C1=C(c2ccc(CC3CN(CCCF)C3)cc2)c2ccc(C(=O)O)cc2CCC1. The van der Waals surface area contributed by atoms with E-state index in [-0.39, 0.29) is 18.1 Å². The van der Waals surface area contributed by atoms with Crippen LogP contribution in [0.3, 0.4) is 0 Å². The fourth-order valence-corrected chi connectivity index (χ4v) is 5.85. The Morgan fingerprint density at radius 1 is 1.03 bits per heavy atom. The first kappa shape index (κ1) is 26.1. The van der Waals surface area contributed by atoms with Crippen LogP contribution in [0.2, 0.25) is 0 Å². The number of allylic oxidation sites excluding steroid dienone is 1. The van der Waals surface area contributed by atoms with Crippen molar-refractivity contribution in [3.63, 3.8) is 0 Å². The van der Waals surface area contributed by atoms with Gasteiger partial charge in [0, 0.05) is 31.3 Å². The van der Waals surface area contributed by atoms with Gasteiger partial charge in [0.2, 0.25) is 0 Å². The number of aromatic carboxylic acids is 1. The number of carbonyl (C=O) groups is 1. The van der Waals surface area contributed by atoms with Gasteiger partial charge in [0.15, 0.2) is 0 Å². The second kappa shape index (κ2) is 11.5. The van der Waals surface area contributed by atoms with E-state index in [2.05, 4.69) is 29.2 Å². The second-order valence-corrected chi connectivity index (χ2v) is 10.3. The van der Waals surface area contributed by atoms with Crippen LogP contribution >= 0.6 is 0 Å². The molecule has 0 spiro atoms. The molecule has 3 aromatic carbocycles. The number of fused-ring (bicyclic) bond motifs is 1. The predicted molar refractivity (Wildman–Crippen MR) is 146 cm³/mol. The highest BCUT2D eigenvalue weighted by atomic mass is 19.1. The van der Waals surface area contributed by atoms with E-state index in [1.54, 1.807) is 25.3 Å². The number of ether oxygens (including phenoxy) is 1. The fraction of sp³-hybridized carbons (Fsp3) is 0.344. The zero-order valence-corrected chi connectivity index (χ0v) is 21.7. The van der Waals surface area contributed by atoms with Crippen LogP contribution < -0.4 is 4.74 Å². The zero-order chi connectivity index (χ0) is 26.6. The van der Waals surface area contributed by atoms with Gasteiger partial charge in [-0.25, -0.2) is 9.18 Å². The summed E-state index contributed by atoms with van der Waals surface area (Å²) in [6.45, 7) is 2.60. The fourth-order valence-electron chi connectivity index (χ4n) is 5.85. The first-order valence-electron chi connectivity index (χ1n) is 13.3. The maximum absolute atomic E-state index is 14.1. The Kier molecular flexibility index (Phi) is 7.89. The molecule has 1 heterocycles. The summed E-state index contributed by atoms with van der Waals surface area (Å²) in [7, 11) is 1.55. The summed E-state index contributed by atoms with van der Waals surface area (Å²) in [5.41, 5.74) is 7.55. The normalized spacial score (nSPS) is 16.1. The van der Waals surface area contributed by atoms with Crippen molar-refractivity contribution in [3.8, 4) is 5.75 Å². The van der Waals surface area contributed by atoms with Crippen molar-refractivity contribution in [1.82, 2.24) is 4.90 Å². The van der Waals surface area contributed by atoms with Crippen LogP contribution in [0.15, 0.2) is 60.7 Å². The molecule has 6 heteroatoms. The monoisotopic (exact) mass is 517 g/mol. The minimum absolute atomic E-state index is 0.259. The van der Waals surface area contributed by atoms with Crippen LogP contribution in [0, 0.1) is 11.7 Å². The number of carboxylic acid groups (broad SMARTS) is 1. The summed E-state index contributed by atoms with van der Waals surface area (Å²) in [5.74, 6) is -0.211. The molecule has 2 aliphatic rings. The van der Waals surface area contributed by atoms with Crippen LogP contribution in [0.5, 0.6) is 5.75 Å². The summed E-state index contributed by atoms with van der Waals surface area (Å²) in [6, 6.07) is 18.6. The van der Waals surface area contributed by atoms with Gasteiger partial charge in [-0.15, -0.1) is 0 Å². The summed E-state index contributed by atoms with van der Waals surface area (Å²) < 4.78 is 32.1. The molecule has 0 aromatic heterocycles. The van der Waals surface area contributed by atoms with Gasteiger partial charge in [0.25, 0.3) is 0 Å². The third kappa shape index (κ3) is 5.51. The van der Waals surface area contributed by atoms with Crippen molar-refractivity contribution < 1.29 is 23.4 Å². The maximum Gasteiger partial charge on any atom is 0.335 e. The minimum atomic E-state index is -0.938. The van der Waals surface area contributed by atoms with Gasteiger partial charge in [-0.3, -0.25) is 4.39 Å². The van der Waals surface area contributed by atoms with Crippen molar-refractivity contribution in [3.05, 3.63) is 99.9 Å². The predicted octanol–water partition coefficient (Wildman–Crippen LogP) is 6.66. The quantitative estimate of drug-likeness (QED) is 0.345. The zero-order valence-electron chi connectivity index (χ0n) is 21.7. The van der Waals surface area contributed by atoms with Gasteiger partial charge in [-0.2, -0.15) is 0 Å². The van der Waals surface area contributed by atoms with Crippen LogP contribution in [0.4, 0.5) is 8.78 Å². The highest BCUT2D eigenvalue weighted by molar-refractivity contribution is 6.01. The molecule has 0 atom stereocenters. The van der Waals surface area contributed by atoms with Gasteiger partial charge in [-0.1, -0.05) is 30.3 Å². The molecule has 0 saturated carbocycles. The number of benzene rings is 3. The van der Waals surface area contributed by atoms with Crippen molar-refractivity contribution in [2.75, 3.05) is 33.4 Å². The summed E-state index contributed by atoms with van der Waals surface area (Å²) in [6.07, 6.45) is 3.95. The van der Waals surface area contributed by atoms with E-state index in [9.17, 15) is 18.7 Å². The molecule has 0 amide bonds. The van der Waals surface area contributed by atoms with Crippen molar-refractivity contribution in [2.24, 2.45) is 5.92 Å². The first-order chi connectivity index (χ1) is 18.5. The maximum atomic E-state index is 14.1. The molecule has 5 rings (SSSR count). The third-order valence-corrected chi connectivity index (χ3v) is 7.69. The number of methoxy groups -OCH3 is 1. The minimum Gasteiger partial charge on any atom is -0.496 e. The Hall–Kier alpha value is -3.51. The number of hydrogen-bond donors (Lipinski definition) is 1. The topological polar surface area (TPSA) is 49.8 Å². The van der Waals surface area contributed by atoms with E-state index in [4.69, 9.17) is 4.74 Å². The van der Waals surface area contributed by atoms with Crippen LogP contribution in [0.25, 0.3) is 11.1 Å². The molecular formula is C32H33F2NO3. The lowest BCUT2D eigenvalue weighted by Crippen LogP contribution is -2.47. The van der Waals surface area contributed by atoms with Crippen molar-refractivity contribution in [1.29, 1.82) is 0 Å². The molecule has 4 nitrogen and oxygen atoms in total. The smallest absolute Gasteiger partial charge is 0.335 e. The number of carboxylic acids is 1. The van der Waals surface area contributed by atoms with Crippen molar-refractivity contribution >= 4 is 17.1 Å². The molecule has 0 unspecified atom stereocenters. The molecule has 1 N–H and O–H groups in total. The Balaban J connectivity index is 1.53. The lowest BCUT2D eigenvalue weighted by molar-refractivity contribution is 0.0696. The molecule has 198 valence electrons. The van der Waals surface area contributed by atoms with E-state index < -0.39 is 5.97 Å². The average molecular weight is 518 g/mol. The highest BCUT2D eigenvalue weighted by Gasteiger charge is 2.27. The number of hydrogen-bond acceptors (Lipinski definition) is 3. The lowest BCUT2D eigenvalue weighted by Gasteiger charge is -2.39. The summed E-state index contributed by atoms with van der Waals surface area (Å²) in [4.78, 5) is 14.0. The van der Waals surface area contributed by atoms with Gasteiger partial charge in [0.05, 0.1) is 19.3 Å². The average Bonchev–Trinajstić information content (AvgIpc) is 3.09. The number of aryl methyl sites for hydroxylation is 1. The number of alkyl halides is 1. The molecule has 1 aliphatic carbocycles. The molecule has 38 heavy (non-hydrogen) atoms. The number of likely N-dealkylation sites (tertiary alicyclic amines) is 1. The van der Waals surface area contributed by atoms with E-state index >= 15 is 0 Å². The molecule has 1 saturated heterocycles. The Bertz CT molecular complexity index is 1340. The molecule has 1 fully saturated rings. The molecule has 0 radical (unpaired) electrons. The van der Waals surface area contributed by atoms with E-state index in [1.165, 1.54) is 17.7 Å². The Morgan fingerprint density at radius 3 is 2.50 bits per heavy atom. The van der Waals surface area contributed by atoms with Crippen LogP contribution in [0.1, 0.15) is 57.4 Å². The largest absolute Gasteiger partial charge is 0.496 e. The van der Waals surface area contributed by atoms with E-state index in [0.29, 0.717) is 18.1 Å². The van der Waals surface area contributed by atoms with E-state index in [0.717, 1.165) is 78.7 Å². The molecular weight excluding hydrogens is 484 g/mol. The Morgan fingerprint density at radius 2 is 1.79 bits per heavy atom. The Labute approximate surface area is 222 Å². The summed E-state index contributed by atoms with van der Waals surface area (Å²) >= 11 is 0. The van der Waals surface area contributed by atoms with Crippen LogP contribution in [-0.2, 0) is 12.8 Å². The number of rotatable bonds is 9. The highest BCUT2D eigenvalue weighted by Crippen LogP contribution is 2.43. The van der Waals surface area contributed by atoms with Gasteiger partial charge in [-0.05, 0) is 95.7 Å². The number of nitrogens with zero attached hydrogens (tertiary/aromatic N) is 1. The molecule has 1 aliphatic heterocycles. The standard InChI is InChI=1S/C32H33F2NO3/c1-38-30-18-26(34)11-13-28(30)29-5-2-4-24-17-25(32(36)37)10-12-27(24)31(29)23-8-6-21(7-9-23)16-22-19-35(20-22)15-3-14-33/h6-13,17-18,22H,2-5,14-16,19-20H2,1H3,(H,36,37). The molecule has 3 aromatic rings. The van der Waals surface area contributed by atoms with Crippen molar-refractivity contribution in [2.45, 2.75) is 32.1 Å². The lowest BCUT2D eigenvalue weighted by atomic mass is 9.86. The summed E-state index contributed by atoms with van der Waals surface area (Å²) in [5, 5.41) is 9.57. The van der Waals surface area contributed by atoms with E-state index in [1.807, 2.05) is 6.07 Å². The third-order valence-electron chi connectivity index (χ3n) is 7.69. The molecule has 0 bridgehead atoms.